The highest BCUT2D eigenvalue weighted by molar-refractivity contribution is 5.27. The van der Waals surface area contributed by atoms with Gasteiger partial charge in [-0.25, -0.2) is 0 Å². The molecule has 1 fully saturated rings. The summed E-state index contributed by atoms with van der Waals surface area (Å²) in [5.41, 5.74) is 2.85. The van der Waals surface area contributed by atoms with Crippen LogP contribution in [0.4, 0.5) is 0 Å². The molecule has 0 spiro atoms. The van der Waals surface area contributed by atoms with Crippen molar-refractivity contribution < 1.29 is 4.74 Å². The van der Waals surface area contributed by atoms with E-state index in [0.29, 0.717) is 12.1 Å². The lowest BCUT2D eigenvalue weighted by Gasteiger charge is -2.28. The smallest absolute Gasteiger partial charge is 0.0572 e. The molecule has 112 valence electrons. The Balaban J connectivity index is 1.85. The van der Waals surface area contributed by atoms with Gasteiger partial charge in [0.1, 0.15) is 0 Å². The van der Waals surface area contributed by atoms with E-state index >= 15 is 0 Å². The van der Waals surface area contributed by atoms with Crippen LogP contribution < -0.4 is 5.32 Å². The van der Waals surface area contributed by atoms with Gasteiger partial charge in [-0.15, -0.1) is 0 Å². The van der Waals surface area contributed by atoms with Gasteiger partial charge in [0, 0.05) is 26.2 Å². The van der Waals surface area contributed by atoms with Crippen molar-refractivity contribution in [3.63, 3.8) is 0 Å². The highest BCUT2D eigenvalue weighted by Crippen LogP contribution is 2.21. The fraction of sp³-hybridized carbons (Fsp3) is 0.647. The molecule has 1 aliphatic rings. The van der Waals surface area contributed by atoms with E-state index in [1.807, 2.05) is 7.11 Å². The standard InChI is InChI=1S/C17H28N2O/c1-19(2)13-15-7-5-4-6-14(15)12-18-16-8-10-17(20-3)11-9-16/h4-7,16-18H,8-13H2,1-3H3. The fourth-order valence-corrected chi connectivity index (χ4v) is 2.98. The summed E-state index contributed by atoms with van der Waals surface area (Å²) in [6, 6.07) is 9.39. The van der Waals surface area contributed by atoms with Crippen LogP contribution in [0, 0.1) is 0 Å². The summed E-state index contributed by atoms with van der Waals surface area (Å²) in [7, 11) is 6.07. The Morgan fingerprint density at radius 1 is 1.10 bits per heavy atom. The summed E-state index contributed by atoms with van der Waals surface area (Å²) < 4.78 is 5.43. The lowest BCUT2D eigenvalue weighted by atomic mass is 9.92. The Bertz CT molecular complexity index is 398. The van der Waals surface area contributed by atoms with Crippen LogP contribution in [0.15, 0.2) is 24.3 Å². The van der Waals surface area contributed by atoms with Gasteiger partial charge in [-0.05, 0) is 50.9 Å². The van der Waals surface area contributed by atoms with Crippen molar-refractivity contribution in [3.8, 4) is 0 Å². The quantitative estimate of drug-likeness (QED) is 0.864. The van der Waals surface area contributed by atoms with Crippen LogP contribution in [-0.2, 0) is 17.8 Å². The first kappa shape index (κ1) is 15.5. The van der Waals surface area contributed by atoms with E-state index in [4.69, 9.17) is 4.74 Å². The van der Waals surface area contributed by atoms with Gasteiger partial charge in [0.15, 0.2) is 0 Å². The van der Waals surface area contributed by atoms with Crippen molar-refractivity contribution in [2.45, 2.75) is 50.9 Å². The molecule has 2 rings (SSSR count). The van der Waals surface area contributed by atoms with E-state index in [1.54, 1.807) is 0 Å². The predicted molar refractivity (Wildman–Crippen MR) is 83.7 cm³/mol. The monoisotopic (exact) mass is 276 g/mol. The number of methoxy groups -OCH3 is 1. The first-order chi connectivity index (χ1) is 9.69. The average Bonchev–Trinajstić information content (AvgIpc) is 2.46. The van der Waals surface area contributed by atoms with Crippen molar-refractivity contribution >= 4 is 0 Å². The first-order valence-corrected chi connectivity index (χ1v) is 7.66. The lowest BCUT2D eigenvalue weighted by Crippen LogP contribution is -2.35. The molecule has 1 saturated carbocycles. The van der Waals surface area contributed by atoms with Gasteiger partial charge in [0.05, 0.1) is 6.10 Å². The van der Waals surface area contributed by atoms with Gasteiger partial charge in [-0.3, -0.25) is 0 Å². The molecule has 20 heavy (non-hydrogen) atoms. The van der Waals surface area contributed by atoms with Crippen molar-refractivity contribution in [3.05, 3.63) is 35.4 Å². The molecule has 1 N–H and O–H groups in total. The minimum atomic E-state index is 0.481. The third kappa shape index (κ3) is 4.58. The number of nitrogens with one attached hydrogen (secondary N) is 1. The number of hydrogen-bond acceptors (Lipinski definition) is 3. The molecular weight excluding hydrogens is 248 g/mol. The Kier molecular flexibility index (Phi) is 6.02. The predicted octanol–water partition coefficient (Wildman–Crippen LogP) is 2.80. The number of nitrogens with zero attached hydrogens (tertiary/aromatic N) is 1. The van der Waals surface area contributed by atoms with Gasteiger partial charge in [0.2, 0.25) is 0 Å². The molecule has 1 aromatic carbocycles. The molecule has 0 saturated heterocycles. The van der Waals surface area contributed by atoms with Gasteiger partial charge in [-0.2, -0.15) is 0 Å². The molecule has 0 atom stereocenters. The zero-order valence-corrected chi connectivity index (χ0v) is 13.1. The molecule has 0 radical (unpaired) electrons. The van der Waals surface area contributed by atoms with Crippen LogP contribution in [0.5, 0.6) is 0 Å². The minimum Gasteiger partial charge on any atom is -0.381 e. The van der Waals surface area contributed by atoms with Gasteiger partial charge in [0.25, 0.3) is 0 Å². The minimum absolute atomic E-state index is 0.481. The normalized spacial score (nSPS) is 23.2. The van der Waals surface area contributed by atoms with E-state index in [0.717, 1.165) is 13.1 Å². The molecule has 0 aliphatic heterocycles. The van der Waals surface area contributed by atoms with Crippen molar-refractivity contribution in [1.29, 1.82) is 0 Å². The molecule has 0 unspecified atom stereocenters. The SMILES string of the molecule is COC1CCC(NCc2ccccc2CN(C)C)CC1. The summed E-state index contributed by atoms with van der Waals surface area (Å²) in [6.45, 7) is 1.99. The Hall–Kier alpha value is -0.900. The van der Waals surface area contributed by atoms with E-state index < -0.39 is 0 Å². The van der Waals surface area contributed by atoms with E-state index in [9.17, 15) is 0 Å². The van der Waals surface area contributed by atoms with Crippen LogP contribution in [0.2, 0.25) is 0 Å². The molecule has 0 amide bonds. The third-order valence-electron chi connectivity index (χ3n) is 4.19. The molecule has 3 nitrogen and oxygen atoms in total. The second-order valence-corrected chi connectivity index (χ2v) is 6.10. The summed E-state index contributed by atoms with van der Waals surface area (Å²) >= 11 is 0. The number of benzene rings is 1. The third-order valence-corrected chi connectivity index (χ3v) is 4.19. The second kappa shape index (κ2) is 7.77. The first-order valence-electron chi connectivity index (χ1n) is 7.66. The molecule has 0 bridgehead atoms. The zero-order valence-electron chi connectivity index (χ0n) is 13.1. The maximum absolute atomic E-state index is 5.43. The largest absolute Gasteiger partial charge is 0.381 e. The van der Waals surface area contributed by atoms with E-state index in [1.165, 1.54) is 36.8 Å². The van der Waals surface area contributed by atoms with E-state index in [2.05, 4.69) is 48.6 Å². The summed E-state index contributed by atoms with van der Waals surface area (Å²) in [4.78, 5) is 2.22. The summed E-state index contributed by atoms with van der Waals surface area (Å²) in [5, 5.41) is 3.72. The Morgan fingerprint density at radius 2 is 1.75 bits per heavy atom. The highest BCUT2D eigenvalue weighted by atomic mass is 16.5. The molecule has 1 aliphatic carbocycles. The lowest BCUT2D eigenvalue weighted by molar-refractivity contribution is 0.0624. The topological polar surface area (TPSA) is 24.5 Å². The van der Waals surface area contributed by atoms with Crippen LogP contribution in [-0.4, -0.2) is 38.3 Å². The number of ether oxygens (including phenoxy) is 1. The van der Waals surface area contributed by atoms with Crippen LogP contribution in [0.25, 0.3) is 0 Å². The van der Waals surface area contributed by atoms with E-state index in [-0.39, 0.29) is 0 Å². The van der Waals surface area contributed by atoms with Gasteiger partial charge >= 0.3 is 0 Å². The van der Waals surface area contributed by atoms with Crippen LogP contribution in [0.1, 0.15) is 36.8 Å². The van der Waals surface area contributed by atoms with Gasteiger partial charge in [-0.1, -0.05) is 24.3 Å². The summed E-state index contributed by atoms with van der Waals surface area (Å²) in [5.74, 6) is 0. The molecule has 1 aromatic rings. The van der Waals surface area contributed by atoms with Gasteiger partial charge < -0.3 is 15.0 Å². The summed E-state index contributed by atoms with van der Waals surface area (Å²) in [6.07, 6.45) is 5.32. The Morgan fingerprint density at radius 3 is 2.35 bits per heavy atom. The van der Waals surface area contributed by atoms with Crippen molar-refractivity contribution in [2.75, 3.05) is 21.2 Å². The molecular formula is C17H28N2O. The second-order valence-electron chi connectivity index (χ2n) is 6.10. The van der Waals surface area contributed by atoms with Crippen LogP contribution >= 0.6 is 0 Å². The molecule has 0 aromatic heterocycles. The van der Waals surface area contributed by atoms with Crippen LogP contribution in [0.3, 0.4) is 0 Å². The zero-order chi connectivity index (χ0) is 14.4. The average molecular weight is 276 g/mol. The number of hydrogen-bond donors (Lipinski definition) is 1. The van der Waals surface area contributed by atoms with Crippen molar-refractivity contribution in [2.24, 2.45) is 0 Å². The molecule has 0 heterocycles. The molecule has 3 heteroatoms. The number of rotatable bonds is 6. The Labute approximate surface area is 123 Å². The highest BCUT2D eigenvalue weighted by Gasteiger charge is 2.20. The maximum atomic E-state index is 5.43. The maximum Gasteiger partial charge on any atom is 0.0572 e. The van der Waals surface area contributed by atoms with Crippen molar-refractivity contribution in [1.82, 2.24) is 10.2 Å². The fourth-order valence-electron chi connectivity index (χ4n) is 2.98.